The van der Waals surface area contributed by atoms with E-state index in [0.29, 0.717) is 11.3 Å². The summed E-state index contributed by atoms with van der Waals surface area (Å²) in [7, 11) is 0. The lowest BCUT2D eigenvalue weighted by atomic mass is 10.1. The Morgan fingerprint density at radius 1 is 1.13 bits per heavy atom. The van der Waals surface area contributed by atoms with E-state index < -0.39 is 17.6 Å². The molecule has 2 N–H and O–H groups in total. The Morgan fingerprint density at radius 3 is 2.52 bits per heavy atom. The van der Waals surface area contributed by atoms with E-state index in [-0.39, 0.29) is 16.7 Å². The van der Waals surface area contributed by atoms with Crippen molar-refractivity contribution in [3.8, 4) is 0 Å². The van der Waals surface area contributed by atoms with Gasteiger partial charge in [-0.3, -0.25) is 0 Å². The molecule has 0 saturated heterocycles. The average molecular weight is 363 g/mol. The molecule has 0 aliphatic rings. The second kappa shape index (κ2) is 7.14. The molecule has 0 spiro atoms. The fraction of sp³-hybridized carbons (Fsp3) is 0.133. The van der Waals surface area contributed by atoms with Gasteiger partial charge in [-0.15, -0.1) is 0 Å². The molecule has 0 bridgehead atoms. The summed E-state index contributed by atoms with van der Waals surface area (Å²) in [4.78, 5) is 0. The number of nitrogens with one attached hydrogen (secondary N) is 2. The van der Waals surface area contributed by atoms with Crippen molar-refractivity contribution in [2.45, 2.75) is 12.7 Å². The molecular weight excluding hydrogens is 352 g/mol. The average Bonchev–Trinajstić information content (AvgIpc) is 2.48. The fourth-order valence-electron chi connectivity index (χ4n) is 1.79. The van der Waals surface area contributed by atoms with Crippen LogP contribution in [0.2, 0.25) is 5.02 Å². The minimum atomic E-state index is -4.39. The first-order valence-electron chi connectivity index (χ1n) is 6.42. The van der Waals surface area contributed by atoms with E-state index in [1.54, 1.807) is 6.07 Å². The van der Waals surface area contributed by atoms with Crippen LogP contribution in [0.3, 0.4) is 0 Å². The molecule has 0 heterocycles. The van der Waals surface area contributed by atoms with E-state index in [1.165, 1.54) is 24.3 Å². The van der Waals surface area contributed by atoms with Gasteiger partial charge in [-0.2, -0.15) is 13.2 Å². The van der Waals surface area contributed by atoms with Crippen LogP contribution >= 0.6 is 23.8 Å². The van der Waals surface area contributed by atoms with Gasteiger partial charge in [0.05, 0.1) is 10.6 Å². The van der Waals surface area contributed by atoms with Crippen LogP contribution in [-0.2, 0) is 12.7 Å². The Kier molecular flexibility index (Phi) is 5.43. The molecule has 0 radical (unpaired) electrons. The smallest absolute Gasteiger partial charge is 0.358 e. The minimum absolute atomic E-state index is 0.0596. The second-order valence-electron chi connectivity index (χ2n) is 4.63. The summed E-state index contributed by atoms with van der Waals surface area (Å²) in [5.41, 5.74) is 0.181. The number of thiocarbonyl (C=S) groups is 1. The van der Waals surface area contributed by atoms with Crippen molar-refractivity contribution >= 4 is 34.6 Å². The first-order chi connectivity index (χ1) is 10.8. The van der Waals surface area contributed by atoms with E-state index in [2.05, 4.69) is 10.6 Å². The van der Waals surface area contributed by atoms with Gasteiger partial charge in [0, 0.05) is 12.2 Å². The quantitative estimate of drug-likeness (QED) is 0.594. The lowest BCUT2D eigenvalue weighted by molar-refractivity contribution is -0.137. The molecule has 0 saturated carbocycles. The normalized spacial score (nSPS) is 11.2. The van der Waals surface area contributed by atoms with Gasteiger partial charge in [-0.05, 0) is 48.1 Å². The van der Waals surface area contributed by atoms with Crippen LogP contribution in [0.15, 0.2) is 42.5 Å². The second-order valence-corrected chi connectivity index (χ2v) is 5.45. The molecule has 0 amide bonds. The van der Waals surface area contributed by atoms with E-state index >= 15 is 0 Å². The monoisotopic (exact) mass is 362 g/mol. The molecule has 0 aliphatic heterocycles. The molecule has 0 unspecified atom stereocenters. The van der Waals surface area contributed by atoms with Crippen LogP contribution in [0.4, 0.5) is 23.2 Å². The lowest BCUT2D eigenvalue weighted by Gasteiger charge is -2.12. The zero-order chi connectivity index (χ0) is 17.0. The van der Waals surface area contributed by atoms with Gasteiger partial charge in [0.2, 0.25) is 0 Å². The SMILES string of the molecule is Fc1ccc(NC(=S)NCc2cccc(C(F)(F)F)c2)cc1Cl. The molecular formula is C15H11ClF4N2S. The molecule has 8 heteroatoms. The van der Waals surface area contributed by atoms with E-state index in [1.807, 2.05) is 0 Å². The Hall–Kier alpha value is -1.86. The van der Waals surface area contributed by atoms with Crippen molar-refractivity contribution in [1.82, 2.24) is 5.32 Å². The molecule has 122 valence electrons. The summed E-state index contributed by atoms with van der Waals surface area (Å²) in [6, 6.07) is 8.91. The third-order valence-corrected chi connectivity index (χ3v) is 3.42. The first-order valence-corrected chi connectivity index (χ1v) is 7.20. The van der Waals surface area contributed by atoms with Gasteiger partial charge < -0.3 is 10.6 Å². The van der Waals surface area contributed by atoms with Gasteiger partial charge in [-0.25, -0.2) is 4.39 Å². The fourth-order valence-corrected chi connectivity index (χ4v) is 2.16. The highest BCUT2D eigenvalue weighted by molar-refractivity contribution is 7.80. The first kappa shape index (κ1) is 17.5. The van der Waals surface area contributed by atoms with Gasteiger partial charge in [0.25, 0.3) is 0 Å². The molecule has 23 heavy (non-hydrogen) atoms. The molecule has 2 rings (SSSR count). The molecule has 0 aromatic heterocycles. The van der Waals surface area contributed by atoms with Gasteiger partial charge in [0.15, 0.2) is 5.11 Å². The van der Waals surface area contributed by atoms with E-state index in [4.69, 9.17) is 23.8 Å². The maximum absolute atomic E-state index is 13.0. The van der Waals surface area contributed by atoms with Crippen molar-refractivity contribution in [2.75, 3.05) is 5.32 Å². The highest BCUT2D eigenvalue weighted by atomic mass is 35.5. The van der Waals surface area contributed by atoms with Crippen molar-refractivity contribution in [3.05, 3.63) is 64.4 Å². The highest BCUT2D eigenvalue weighted by Gasteiger charge is 2.30. The highest BCUT2D eigenvalue weighted by Crippen LogP contribution is 2.29. The van der Waals surface area contributed by atoms with Crippen LogP contribution in [0.1, 0.15) is 11.1 Å². The number of benzene rings is 2. The summed E-state index contributed by atoms with van der Waals surface area (Å²) < 4.78 is 50.9. The summed E-state index contributed by atoms with van der Waals surface area (Å²) in [5.74, 6) is -0.556. The summed E-state index contributed by atoms with van der Waals surface area (Å²) in [6.07, 6.45) is -4.39. The number of hydrogen-bond acceptors (Lipinski definition) is 1. The molecule has 0 aliphatic carbocycles. The molecule has 0 atom stereocenters. The third-order valence-electron chi connectivity index (χ3n) is 2.88. The number of hydrogen-bond donors (Lipinski definition) is 2. The predicted molar refractivity (Wildman–Crippen MR) is 85.9 cm³/mol. The molecule has 0 fully saturated rings. The van der Waals surface area contributed by atoms with Crippen LogP contribution in [0.5, 0.6) is 0 Å². The van der Waals surface area contributed by atoms with Crippen LogP contribution < -0.4 is 10.6 Å². The Labute approximate surface area is 140 Å². The standard InChI is InChI=1S/C15H11ClF4N2S/c16-12-7-11(4-5-13(12)17)22-14(23)21-8-9-2-1-3-10(6-9)15(18,19)20/h1-7H,8H2,(H2,21,22,23). The number of alkyl halides is 3. The number of rotatable bonds is 3. The van der Waals surface area contributed by atoms with Gasteiger partial charge >= 0.3 is 6.18 Å². The van der Waals surface area contributed by atoms with E-state index in [0.717, 1.165) is 12.1 Å². The number of anilines is 1. The molecule has 2 nitrogen and oxygen atoms in total. The summed E-state index contributed by atoms with van der Waals surface area (Å²) >= 11 is 10.7. The number of halogens is 5. The van der Waals surface area contributed by atoms with Crippen molar-refractivity contribution in [1.29, 1.82) is 0 Å². The van der Waals surface area contributed by atoms with Gasteiger partial charge in [-0.1, -0.05) is 23.7 Å². The Bertz CT molecular complexity index is 719. The summed E-state index contributed by atoms with van der Waals surface area (Å²) in [6.45, 7) is 0.116. The topological polar surface area (TPSA) is 24.1 Å². The van der Waals surface area contributed by atoms with Gasteiger partial charge in [0.1, 0.15) is 5.82 Å². The van der Waals surface area contributed by atoms with Crippen molar-refractivity contribution < 1.29 is 17.6 Å². The largest absolute Gasteiger partial charge is 0.416 e. The maximum Gasteiger partial charge on any atom is 0.416 e. The zero-order valence-electron chi connectivity index (χ0n) is 11.5. The zero-order valence-corrected chi connectivity index (χ0v) is 13.1. The van der Waals surface area contributed by atoms with Crippen LogP contribution in [0.25, 0.3) is 0 Å². The lowest BCUT2D eigenvalue weighted by Crippen LogP contribution is -2.28. The Morgan fingerprint density at radius 2 is 1.87 bits per heavy atom. The van der Waals surface area contributed by atoms with Crippen LogP contribution in [0, 0.1) is 5.82 Å². The maximum atomic E-state index is 13.0. The van der Waals surface area contributed by atoms with Crippen molar-refractivity contribution in [2.24, 2.45) is 0 Å². The molecule has 2 aromatic carbocycles. The third kappa shape index (κ3) is 5.07. The molecule has 2 aromatic rings. The summed E-state index contributed by atoms with van der Waals surface area (Å²) in [5, 5.41) is 5.67. The van der Waals surface area contributed by atoms with E-state index in [9.17, 15) is 17.6 Å². The van der Waals surface area contributed by atoms with Crippen molar-refractivity contribution in [3.63, 3.8) is 0 Å². The Balaban J connectivity index is 1.95. The predicted octanol–water partition coefficient (Wildman–Crippen LogP) is 4.98. The minimum Gasteiger partial charge on any atom is -0.358 e. The van der Waals surface area contributed by atoms with Crippen LogP contribution in [-0.4, -0.2) is 5.11 Å².